The van der Waals surface area contributed by atoms with Gasteiger partial charge in [-0.3, -0.25) is 14.3 Å². The molecule has 5 aromatic heterocycles. The predicted octanol–water partition coefficient (Wildman–Crippen LogP) is 14.1. The number of aryl methyl sites for hydroxylation is 6. The lowest BCUT2D eigenvalue weighted by Gasteiger charge is -2.18. The molecular weight excluding hydrogens is 1080 g/mol. The summed E-state index contributed by atoms with van der Waals surface area (Å²) in [7, 11) is 0.168. The topological polar surface area (TPSA) is 145 Å². The summed E-state index contributed by atoms with van der Waals surface area (Å²) in [4.78, 5) is 14.4. The van der Waals surface area contributed by atoms with Crippen molar-refractivity contribution in [1.82, 2.24) is 33.9 Å². The smallest absolute Gasteiger partial charge is 0.336 e. The molecule has 0 saturated heterocycles. The number of thiophene rings is 1. The van der Waals surface area contributed by atoms with Gasteiger partial charge in [-0.2, -0.15) is 14.5 Å². The number of hydrogen-bond donors (Lipinski definition) is 1. The highest BCUT2D eigenvalue weighted by Crippen LogP contribution is 2.28. The summed E-state index contributed by atoms with van der Waals surface area (Å²) < 4.78 is 41.6. The number of para-hydroxylation sites is 1. The second-order valence-corrected chi connectivity index (χ2v) is 24.2. The van der Waals surface area contributed by atoms with E-state index in [-0.39, 0.29) is 12.2 Å². The van der Waals surface area contributed by atoms with Crippen molar-refractivity contribution >= 4 is 61.2 Å². The third-order valence-electron chi connectivity index (χ3n) is 14.4. The zero-order valence-electron chi connectivity index (χ0n) is 47.0. The number of halogens is 2. The second kappa shape index (κ2) is 26.4. The largest absolute Gasteiger partial charge is 0.423 e. The van der Waals surface area contributed by atoms with Crippen LogP contribution >= 0.6 is 34.5 Å². The molecular formula is C63H68Cl2N8O5S2. The van der Waals surface area contributed by atoms with Crippen molar-refractivity contribution in [2.75, 3.05) is 19.4 Å². The van der Waals surface area contributed by atoms with Crippen LogP contribution in [0.15, 0.2) is 157 Å². The predicted molar refractivity (Wildman–Crippen MR) is 324 cm³/mol. The summed E-state index contributed by atoms with van der Waals surface area (Å²) in [5.74, 6) is 0.880. The normalized spacial score (nSPS) is 11.5. The molecule has 10 rings (SSSR count). The molecule has 5 heterocycles. The molecule has 0 spiro atoms. The van der Waals surface area contributed by atoms with Crippen LogP contribution in [-0.2, 0) is 55.7 Å². The van der Waals surface area contributed by atoms with Crippen molar-refractivity contribution in [3.63, 3.8) is 0 Å². The molecule has 0 bridgehead atoms. The molecule has 0 radical (unpaired) electrons. The molecule has 5 aromatic carbocycles. The van der Waals surface area contributed by atoms with E-state index >= 15 is 0 Å². The molecule has 13 nitrogen and oxygen atoms in total. The first-order valence-corrected chi connectivity index (χ1v) is 29.4. The van der Waals surface area contributed by atoms with Gasteiger partial charge >= 0.3 is 5.63 Å². The quantitative estimate of drug-likeness (QED) is 0.0875. The molecule has 0 saturated carbocycles. The number of hydrogen-bond acceptors (Lipinski definition) is 11. The Morgan fingerprint density at radius 1 is 0.613 bits per heavy atom. The molecule has 0 aliphatic heterocycles. The Hall–Kier alpha value is -7.11. The van der Waals surface area contributed by atoms with Crippen LogP contribution in [0.5, 0.6) is 0 Å². The summed E-state index contributed by atoms with van der Waals surface area (Å²) >= 11 is 13.8. The molecule has 80 heavy (non-hydrogen) atoms. The summed E-state index contributed by atoms with van der Waals surface area (Å²) in [5, 5.41) is 21.1. The third kappa shape index (κ3) is 14.4. The van der Waals surface area contributed by atoms with Crippen LogP contribution in [0.2, 0.25) is 10.0 Å². The zero-order chi connectivity index (χ0) is 57.3. The fourth-order valence-corrected chi connectivity index (χ4v) is 12.2. The maximum absolute atomic E-state index is 12.7. The lowest BCUT2D eigenvalue weighted by atomic mass is 10.0. The Bertz CT molecular complexity index is 3890. The van der Waals surface area contributed by atoms with E-state index in [4.69, 9.17) is 37.2 Å². The van der Waals surface area contributed by atoms with Crippen molar-refractivity contribution in [3.05, 3.63) is 249 Å². The molecule has 0 unspecified atom stereocenters. The highest BCUT2D eigenvalue weighted by atomic mass is 35.5. The number of anilines is 1. The lowest BCUT2D eigenvalue weighted by Crippen LogP contribution is -2.26. The fourth-order valence-electron chi connectivity index (χ4n) is 9.51. The molecule has 10 aromatic rings. The van der Waals surface area contributed by atoms with E-state index in [1.165, 1.54) is 37.9 Å². The van der Waals surface area contributed by atoms with Gasteiger partial charge in [-0.25, -0.2) is 13.2 Å². The van der Waals surface area contributed by atoms with Gasteiger partial charge in [0.15, 0.2) is 0 Å². The van der Waals surface area contributed by atoms with Crippen LogP contribution < -0.4 is 10.9 Å². The van der Waals surface area contributed by atoms with E-state index < -0.39 is 10.0 Å². The number of nitrogens with one attached hydrogen (secondary N) is 1. The fraction of sp³-hybridized carbons (Fsp3) is 0.270. The van der Waals surface area contributed by atoms with Crippen LogP contribution in [0.25, 0.3) is 11.0 Å². The first kappa shape index (κ1) is 59.0. The number of rotatable bonds is 17. The van der Waals surface area contributed by atoms with E-state index in [0.717, 1.165) is 103 Å². The van der Waals surface area contributed by atoms with Crippen molar-refractivity contribution in [1.29, 1.82) is 0 Å². The molecule has 416 valence electrons. The number of nitrogens with zero attached hydrogens (tertiary/aromatic N) is 7. The van der Waals surface area contributed by atoms with E-state index in [9.17, 15) is 13.2 Å². The lowest BCUT2D eigenvalue weighted by molar-refractivity contribution is 0.318. The summed E-state index contributed by atoms with van der Waals surface area (Å²) in [6, 6.07) is 43.5. The SMILES string of the molecule is Cc1cc2oc(=O)cc(CN(C)Cc3c(C)nn(Cc4ccccc4Cl)c3C)c2cc1C.Cc1nn(Cc2ccccc2Cl)c(C)c1CN(C)S(=O)(=O)c1cccs1.Cc1noc(C)c1CNc1ccccc1Cc1ccccc1. The summed E-state index contributed by atoms with van der Waals surface area (Å²) in [6.07, 6.45) is 0.922. The van der Waals surface area contributed by atoms with Crippen LogP contribution in [0.4, 0.5) is 5.69 Å². The Labute approximate surface area is 483 Å². The van der Waals surface area contributed by atoms with Gasteiger partial charge in [0.1, 0.15) is 15.6 Å². The molecule has 0 amide bonds. The summed E-state index contributed by atoms with van der Waals surface area (Å²) in [6.45, 7) is 19.6. The minimum Gasteiger partial charge on any atom is -0.423 e. The first-order chi connectivity index (χ1) is 38.3. The number of aromatic nitrogens is 5. The van der Waals surface area contributed by atoms with Gasteiger partial charge in [0.2, 0.25) is 0 Å². The van der Waals surface area contributed by atoms with Crippen molar-refractivity contribution in [2.24, 2.45) is 0 Å². The number of fused-ring (bicyclic) bond motifs is 1. The van der Waals surface area contributed by atoms with Gasteiger partial charge in [0.25, 0.3) is 10.0 Å². The van der Waals surface area contributed by atoms with Crippen LogP contribution in [-0.4, -0.2) is 56.4 Å². The third-order valence-corrected chi connectivity index (χ3v) is 18.3. The standard InChI is InChI=1S/C26H28ClN3O2.C19H20N2O.C18H20ClN3O2S2/c1-16-10-22-21(12-26(31)32-25(22)11-17(16)2)13-29(5)15-23-18(3)28-30(19(23)4)14-20-8-6-7-9-24(20)27;1-14-18(15(2)22-21-14)13-20-19-11-7-6-10-17(19)12-16-8-4-3-5-9-16;1-13-16(12-21(3)26(23,24)18-9-6-10-25-18)14(2)22(20-13)11-15-7-4-5-8-17(15)19/h6-12H,13-15H2,1-5H3;3-11,20H,12-13H2,1-2H3;4-10H,11-12H2,1-3H3. The Morgan fingerprint density at radius 3 is 1.75 bits per heavy atom. The maximum Gasteiger partial charge on any atom is 0.336 e. The number of benzene rings is 5. The second-order valence-electron chi connectivity index (χ2n) is 20.2. The van der Waals surface area contributed by atoms with E-state index in [2.05, 4.69) is 96.0 Å². The Balaban J connectivity index is 0.000000161. The van der Waals surface area contributed by atoms with Gasteiger partial charge < -0.3 is 14.3 Å². The monoisotopic (exact) mass is 1150 g/mol. The minimum absolute atomic E-state index is 0.278. The molecule has 0 atom stereocenters. The van der Waals surface area contributed by atoms with Gasteiger partial charge in [-0.1, -0.05) is 119 Å². The van der Waals surface area contributed by atoms with Crippen LogP contribution in [0.1, 0.15) is 89.9 Å². The van der Waals surface area contributed by atoms with Gasteiger partial charge in [-0.05, 0) is 150 Å². The molecule has 0 fully saturated rings. The maximum atomic E-state index is 12.7. The molecule has 17 heteroatoms. The average molecular weight is 1150 g/mol. The Morgan fingerprint density at radius 2 is 1.18 bits per heavy atom. The highest BCUT2D eigenvalue weighted by Gasteiger charge is 2.25. The summed E-state index contributed by atoms with van der Waals surface area (Å²) in [5.41, 5.74) is 17.5. The van der Waals surface area contributed by atoms with E-state index in [1.54, 1.807) is 30.6 Å². The van der Waals surface area contributed by atoms with Crippen molar-refractivity contribution in [3.8, 4) is 0 Å². The van der Waals surface area contributed by atoms with Crippen LogP contribution in [0, 0.1) is 55.4 Å². The van der Waals surface area contributed by atoms with Gasteiger partial charge in [0, 0.05) is 88.5 Å². The molecule has 1 N–H and O–H groups in total. The zero-order valence-corrected chi connectivity index (χ0v) is 50.1. The minimum atomic E-state index is -3.49. The van der Waals surface area contributed by atoms with Gasteiger partial charge in [-0.15, -0.1) is 11.3 Å². The van der Waals surface area contributed by atoms with Crippen molar-refractivity contribution < 1.29 is 17.4 Å². The highest BCUT2D eigenvalue weighted by molar-refractivity contribution is 7.91. The van der Waals surface area contributed by atoms with Gasteiger partial charge in [0.05, 0.1) is 30.2 Å². The van der Waals surface area contributed by atoms with Crippen molar-refractivity contribution in [2.45, 2.75) is 105 Å². The number of sulfonamides is 1. The molecule has 0 aliphatic carbocycles. The Kier molecular flexibility index (Phi) is 19.5. The molecule has 0 aliphatic rings. The first-order valence-electron chi connectivity index (χ1n) is 26.3. The average Bonchev–Trinajstić information content (AvgIpc) is 4.27. The van der Waals surface area contributed by atoms with E-state index in [0.29, 0.717) is 34.4 Å². The van der Waals surface area contributed by atoms with Crippen LogP contribution in [0.3, 0.4) is 0 Å². The van der Waals surface area contributed by atoms with E-state index in [1.807, 2.05) is 112 Å².